The number of carbonyl (C=O) groups excluding carboxylic acids is 3. The molecule has 9 heteroatoms. The van der Waals surface area contributed by atoms with Crippen LogP contribution in [0, 0.1) is 6.92 Å². The zero-order chi connectivity index (χ0) is 24.6. The van der Waals surface area contributed by atoms with Gasteiger partial charge in [0.25, 0.3) is 17.7 Å². The van der Waals surface area contributed by atoms with Crippen LogP contribution in [0.1, 0.15) is 28.8 Å². The molecule has 1 saturated heterocycles. The zero-order valence-electron chi connectivity index (χ0n) is 19.3. The van der Waals surface area contributed by atoms with Crippen LogP contribution in [-0.2, 0) is 9.59 Å². The first kappa shape index (κ1) is 24.3. The highest BCUT2D eigenvalue weighted by atomic mass is 35.5. The number of benzene rings is 2. The van der Waals surface area contributed by atoms with E-state index in [0.29, 0.717) is 27.5 Å². The van der Waals surface area contributed by atoms with Crippen LogP contribution >= 0.6 is 23.2 Å². The number of nitrogens with zero attached hydrogens (tertiary/aromatic N) is 3. The summed E-state index contributed by atoms with van der Waals surface area (Å²) in [5.74, 6) is -1.31. The molecule has 178 valence electrons. The molecule has 0 aliphatic carbocycles. The second-order valence-corrected chi connectivity index (χ2v) is 9.46. The highest BCUT2D eigenvalue weighted by molar-refractivity contribution is 6.53. The number of imide groups is 1. The van der Waals surface area contributed by atoms with Crippen molar-refractivity contribution in [2.75, 3.05) is 37.4 Å². The van der Waals surface area contributed by atoms with Gasteiger partial charge in [-0.15, -0.1) is 0 Å². The molecule has 2 aromatic carbocycles. The fourth-order valence-corrected chi connectivity index (χ4v) is 4.68. The van der Waals surface area contributed by atoms with Crippen molar-refractivity contribution in [1.82, 2.24) is 9.80 Å². The van der Waals surface area contributed by atoms with Crippen LogP contribution < -0.4 is 10.2 Å². The molecule has 0 bridgehead atoms. The van der Waals surface area contributed by atoms with Gasteiger partial charge in [-0.3, -0.25) is 14.4 Å². The van der Waals surface area contributed by atoms with Gasteiger partial charge in [-0.25, -0.2) is 4.90 Å². The van der Waals surface area contributed by atoms with E-state index in [1.54, 1.807) is 54.3 Å². The van der Waals surface area contributed by atoms with Gasteiger partial charge in [-0.2, -0.15) is 0 Å². The van der Waals surface area contributed by atoms with E-state index in [1.165, 1.54) is 0 Å². The predicted molar refractivity (Wildman–Crippen MR) is 134 cm³/mol. The molecule has 0 aromatic heterocycles. The van der Waals surface area contributed by atoms with E-state index in [1.807, 2.05) is 7.05 Å². The van der Waals surface area contributed by atoms with Gasteiger partial charge in [0, 0.05) is 29.4 Å². The van der Waals surface area contributed by atoms with Crippen LogP contribution in [0.25, 0.3) is 0 Å². The van der Waals surface area contributed by atoms with Gasteiger partial charge in [0.2, 0.25) is 0 Å². The third-order valence-electron chi connectivity index (χ3n) is 6.44. The van der Waals surface area contributed by atoms with E-state index in [2.05, 4.69) is 17.3 Å². The lowest BCUT2D eigenvalue weighted by atomic mass is 10.0. The van der Waals surface area contributed by atoms with E-state index >= 15 is 0 Å². The van der Waals surface area contributed by atoms with E-state index in [-0.39, 0.29) is 22.7 Å². The van der Waals surface area contributed by atoms with Gasteiger partial charge in [0.05, 0.1) is 5.69 Å². The Morgan fingerprint density at radius 1 is 1.06 bits per heavy atom. The predicted octanol–water partition coefficient (Wildman–Crippen LogP) is 4.25. The second-order valence-electron chi connectivity index (χ2n) is 8.67. The fourth-order valence-electron chi connectivity index (χ4n) is 4.29. The Kier molecular flexibility index (Phi) is 6.98. The maximum Gasteiger partial charge on any atom is 0.283 e. The van der Waals surface area contributed by atoms with Crippen molar-refractivity contribution < 1.29 is 14.4 Å². The normalized spacial score (nSPS) is 17.5. The van der Waals surface area contributed by atoms with Gasteiger partial charge in [-0.1, -0.05) is 35.3 Å². The van der Waals surface area contributed by atoms with Crippen LogP contribution in [0.4, 0.5) is 11.4 Å². The summed E-state index contributed by atoms with van der Waals surface area (Å²) in [6, 6.07) is 12.0. The van der Waals surface area contributed by atoms with E-state index < -0.39 is 11.8 Å². The number of rotatable bonds is 5. The molecule has 0 atom stereocenters. The maximum atomic E-state index is 13.1. The summed E-state index contributed by atoms with van der Waals surface area (Å²) < 4.78 is 0. The van der Waals surface area contributed by atoms with Gasteiger partial charge in [-0.05, 0) is 75.8 Å². The Morgan fingerprint density at radius 2 is 1.74 bits per heavy atom. The quantitative estimate of drug-likeness (QED) is 0.621. The molecule has 2 aliphatic rings. The molecule has 3 amide bonds. The molecule has 0 saturated carbocycles. The average Bonchev–Trinajstić information content (AvgIpc) is 3.04. The van der Waals surface area contributed by atoms with Crippen LogP contribution in [-0.4, -0.2) is 60.7 Å². The molecular formula is C25H26Cl2N4O3. The number of piperidine rings is 1. The van der Waals surface area contributed by atoms with E-state index in [9.17, 15) is 14.4 Å². The van der Waals surface area contributed by atoms with Crippen molar-refractivity contribution in [1.29, 1.82) is 0 Å². The molecule has 2 aromatic rings. The third kappa shape index (κ3) is 4.56. The van der Waals surface area contributed by atoms with Crippen LogP contribution in [0.15, 0.2) is 53.2 Å². The van der Waals surface area contributed by atoms with Crippen molar-refractivity contribution in [3.8, 4) is 0 Å². The average molecular weight is 501 g/mol. The van der Waals surface area contributed by atoms with Gasteiger partial charge in [0.15, 0.2) is 0 Å². The maximum absolute atomic E-state index is 13.1. The summed E-state index contributed by atoms with van der Waals surface area (Å²) in [6.45, 7) is 3.64. The fraction of sp³-hybridized carbons (Fsp3) is 0.320. The first-order valence-corrected chi connectivity index (χ1v) is 11.8. The first-order chi connectivity index (χ1) is 16.2. The van der Waals surface area contributed by atoms with E-state index in [4.69, 9.17) is 23.2 Å². The van der Waals surface area contributed by atoms with Crippen molar-refractivity contribution in [3.63, 3.8) is 0 Å². The van der Waals surface area contributed by atoms with Gasteiger partial charge < -0.3 is 15.1 Å². The van der Waals surface area contributed by atoms with Gasteiger partial charge >= 0.3 is 0 Å². The van der Waals surface area contributed by atoms with E-state index in [0.717, 1.165) is 30.8 Å². The summed E-state index contributed by atoms with van der Waals surface area (Å²) in [7, 11) is 3.90. The number of hydrogen-bond acceptors (Lipinski definition) is 5. The van der Waals surface area contributed by atoms with Crippen molar-refractivity contribution in [3.05, 3.63) is 69.3 Å². The van der Waals surface area contributed by atoms with Crippen molar-refractivity contribution in [2.45, 2.75) is 25.8 Å². The Morgan fingerprint density at radius 3 is 2.44 bits per heavy atom. The first-order valence-electron chi connectivity index (χ1n) is 11.1. The number of halogens is 2. The monoisotopic (exact) mass is 500 g/mol. The minimum atomic E-state index is -0.631. The lowest BCUT2D eigenvalue weighted by Gasteiger charge is -2.35. The Labute approximate surface area is 208 Å². The molecule has 2 aliphatic heterocycles. The number of carbonyl (C=O) groups is 3. The van der Waals surface area contributed by atoms with Crippen molar-refractivity contribution >= 4 is 52.3 Å². The molecule has 2 heterocycles. The minimum absolute atomic E-state index is 0.0423. The lowest BCUT2D eigenvalue weighted by Crippen LogP contribution is -2.44. The van der Waals surface area contributed by atoms with Gasteiger partial charge in [0.1, 0.15) is 10.7 Å². The Balaban J connectivity index is 1.53. The molecule has 0 unspecified atom stereocenters. The number of nitrogens with one attached hydrogen (secondary N) is 1. The summed E-state index contributed by atoms with van der Waals surface area (Å²) >= 11 is 12.4. The molecule has 1 fully saturated rings. The molecule has 0 radical (unpaired) electrons. The smallest absolute Gasteiger partial charge is 0.283 e. The number of hydrogen-bond donors (Lipinski definition) is 1. The largest absolute Gasteiger partial charge is 0.350 e. The molecule has 1 N–H and O–H groups in total. The Hall–Kier alpha value is -2.87. The second kappa shape index (κ2) is 9.78. The molecule has 7 nitrogen and oxygen atoms in total. The topological polar surface area (TPSA) is 73.0 Å². The minimum Gasteiger partial charge on any atom is -0.350 e. The summed E-state index contributed by atoms with van der Waals surface area (Å²) in [5.41, 5.74) is 1.91. The highest BCUT2D eigenvalue weighted by Crippen LogP contribution is 2.34. The summed E-state index contributed by atoms with van der Waals surface area (Å²) in [4.78, 5) is 44.1. The molecule has 34 heavy (non-hydrogen) atoms. The molecule has 4 rings (SSSR count). The number of anilines is 2. The molecule has 0 spiro atoms. The number of likely N-dealkylation sites (tertiary alicyclic amines) is 1. The van der Waals surface area contributed by atoms with Crippen LogP contribution in [0.5, 0.6) is 0 Å². The lowest BCUT2D eigenvalue weighted by molar-refractivity contribution is -0.120. The van der Waals surface area contributed by atoms with Crippen LogP contribution in [0.2, 0.25) is 5.02 Å². The van der Waals surface area contributed by atoms with Crippen molar-refractivity contribution in [2.24, 2.45) is 0 Å². The number of amides is 3. The SMILES string of the molecule is Cc1c(Cl)cccc1N1C(=O)C(Cl)=C(Nc2cccc(C(=O)N(C)C3CCN(C)CC3)c2)C1=O. The third-order valence-corrected chi connectivity index (χ3v) is 7.20. The standard InChI is InChI=1S/C25H26Cl2N4O3/c1-15-19(26)8-5-9-20(15)31-24(33)21(27)22(25(31)34)28-17-7-4-6-16(14-17)23(32)30(3)18-10-12-29(2)13-11-18/h4-9,14,18,28H,10-13H2,1-3H3. The van der Waals surface area contributed by atoms with Crippen LogP contribution in [0.3, 0.4) is 0 Å². The highest BCUT2D eigenvalue weighted by Gasteiger charge is 2.39. The summed E-state index contributed by atoms with van der Waals surface area (Å²) in [5, 5.41) is 3.17. The Bertz CT molecular complexity index is 1190. The zero-order valence-corrected chi connectivity index (χ0v) is 20.8. The summed E-state index contributed by atoms with van der Waals surface area (Å²) in [6.07, 6.45) is 1.85. The molecular weight excluding hydrogens is 475 g/mol.